The summed E-state index contributed by atoms with van der Waals surface area (Å²) in [6.45, 7) is 1.41. The molecule has 0 amide bonds. The summed E-state index contributed by atoms with van der Waals surface area (Å²) in [5.74, 6) is 3.76. The van der Waals surface area contributed by atoms with Crippen molar-refractivity contribution in [3.05, 3.63) is 308 Å². The molecule has 9 aromatic heterocycles. The van der Waals surface area contributed by atoms with E-state index >= 15 is 0 Å². The third-order valence-electron chi connectivity index (χ3n) is 15.5. The maximum absolute atomic E-state index is 11.2. The molecule has 5 N–H and O–H groups in total. The van der Waals surface area contributed by atoms with E-state index in [1.54, 1.807) is 55.6 Å². The van der Waals surface area contributed by atoms with Gasteiger partial charge in [0.1, 0.15) is 17.5 Å². The third kappa shape index (κ3) is 14.8. The molecule has 18 nitrogen and oxygen atoms in total. The molecule has 9 heterocycles. The standard InChI is InChI=1S/2C26H21N5O.C26H19N5O/c3*32-17-18-13-20(15-27-14-18)25-30-23-11-6-10-22(19-7-2-1-3-8-19)24(23)26(31-25)29-16-21-9-4-5-12-28-21/h2*1-15,32H,16-17H2,(H,29,30,31);1-15,17H,16H2,(H,29,30,31). The van der Waals surface area contributed by atoms with Gasteiger partial charge in [0.2, 0.25) is 0 Å². The van der Waals surface area contributed by atoms with Crippen LogP contribution in [0.2, 0.25) is 0 Å². The van der Waals surface area contributed by atoms with Crippen LogP contribution < -0.4 is 16.0 Å². The van der Waals surface area contributed by atoms with E-state index in [-0.39, 0.29) is 13.2 Å². The van der Waals surface area contributed by atoms with Crippen LogP contribution in [0.25, 0.3) is 100 Å². The van der Waals surface area contributed by atoms with E-state index < -0.39 is 0 Å². The van der Waals surface area contributed by atoms with E-state index in [0.717, 1.165) is 112 Å². The number of aliphatic hydroxyl groups is 2. The normalized spacial score (nSPS) is 10.9. The number of carbonyl (C=O) groups is 1. The lowest BCUT2D eigenvalue weighted by Gasteiger charge is -2.14. The van der Waals surface area contributed by atoms with E-state index in [9.17, 15) is 15.0 Å². The van der Waals surface area contributed by atoms with E-state index in [1.807, 2.05) is 158 Å². The van der Waals surface area contributed by atoms with Crippen molar-refractivity contribution in [1.82, 2.24) is 59.8 Å². The van der Waals surface area contributed by atoms with Crippen molar-refractivity contribution in [3.63, 3.8) is 0 Å². The Bertz CT molecular complexity index is 4910. The van der Waals surface area contributed by atoms with Crippen molar-refractivity contribution in [3.8, 4) is 67.5 Å². The second-order valence-corrected chi connectivity index (χ2v) is 22.0. The average Bonchev–Trinajstić information content (AvgIpc) is 0.790. The van der Waals surface area contributed by atoms with Gasteiger partial charge in [0, 0.05) is 78.0 Å². The Morgan fingerprint density at radius 2 is 0.656 bits per heavy atom. The highest BCUT2D eigenvalue weighted by molar-refractivity contribution is 6.05. The summed E-state index contributed by atoms with van der Waals surface area (Å²) in [4.78, 5) is 66.1. The summed E-state index contributed by atoms with van der Waals surface area (Å²) < 4.78 is 0. The zero-order valence-corrected chi connectivity index (χ0v) is 51.8. The van der Waals surface area contributed by atoms with Gasteiger partial charge in [-0.1, -0.05) is 146 Å². The predicted octanol–water partition coefficient (Wildman–Crippen LogP) is 14.9. The van der Waals surface area contributed by atoms with Gasteiger partial charge in [-0.3, -0.25) is 34.7 Å². The molecule has 0 atom stereocenters. The first-order valence-corrected chi connectivity index (χ1v) is 31.0. The molecule has 96 heavy (non-hydrogen) atoms. The van der Waals surface area contributed by atoms with Gasteiger partial charge in [-0.15, -0.1) is 0 Å². The molecule has 6 aromatic carbocycles. The number of aliphatic hydroxyl groups excluding tert-OH is 2. The average molecular weight is 1260 g/mol. The first-order chi connectivity index (χ1) is 47.4. The number of carbonyl (C=O) groups excluding carboxylic acids is 1. The fourth-order valence-corrected chi connectivity index (χ4v) is 11.0. The molecule has 0 fully saturated rings. The minimum atomic E-state index is -0.0860. The van der Waals surface area contributed by atoms with Crippen molar-refractivity contribution in [2.75, 3.05) is 16.0 Å². The Morgan fingerprint density at radius 3 is 0.979 bits per heavy atom. The molecule has 0 spiro atoms. The first kappa shape index (κ1) is 62.1. The number of aromatic nitrogens is 12. The van der Waals surface area contributed by atoms with Crippen molar-refractivity contribution in [2.45, 2.75) is 32.8 Å². The number of anilines is 3. The number of aldehydes is 1. The van der Waals surface area contributed by atoms with Gasteiger partial charge < -0.3 is 26.2 Å². The van der Waals surface area contributed by atoms with Crippen molar-refractivity contribution in [2.24, 2.45) is 0 Å². The number of nitrogens with zero attached hydrogens (tertiary/aromatic N) is 12. The molecule has 0 aliphatic heterocycles. The number of hydrogen-bond acceptors (Lipinski definition) is 18. The highest BCUT2D eigenvalue weighted by atomic mass is 16.3. The fraction of sp³-hybridized carbons (Fsp3) is 0.0641. The van der Waals surface area contributed by atoms with E-state index in [2.05, 4.69) is 100 Å². The van der Waals surface area contributed by atoms with Gasteiger partial charge >= 0.3 is 0 Å². The second-order valence-electron chi connectivity index (χ2n) is 22.0. The Hall–Kier alpha value is -12.8. The smallest absolute Gasteiger partial charge is 0.163 e. The van der Waals surface area contributed by atoms with Crippen LogP contribution in [0.15, 0.2) is 274 Å². The Kier molecular flexibility index (Phi) is 19.5. The molecule has 0 aliphatic rings. The van der Waals surface area contributed by atoms with Crippen LogP contribution in [0.1, 0.15) is 38.6 Å². The summed E-state index contributed by atoms with van der Waals surface area (Å²) in [7, 11) is 0. The zero-order chi connectivity index (χ0) is 65.3. The van der Waals surface area contributed by atoms with Crippen LogP contribution in [-0.2, 0) is 32.8 Å². The first-order valence-electron chi connectivity index (χ1n) is 31.0. The maximum Gasteiger partial charge on any atom is 0.163 e. The van der Waals surface area contributed by atoms with E-state index in [4.69, 9.17) is 29.9 Å². The number of pyridine rings is 6. The number of benzene rings is 6. The van der Waals surface area contributed by atoms with E-state index in [0.29, 0.717) is 65.2 Å². The van der Waals surface area contributed by atoms with Crippen molar-refractivity contribution >= 4 is 56.4 Å². The number of fused-ring (bicyclic) bond motifs is 3. The van der Waals surface area contributed by atoms with Crippen molar-refractivity contribution < 1.29 is 15.0 Å². The van der Waals surface area contributed by atoms with Gasteiger partial charge in [0.05, 0.1) is 82.6 Å². The van der Waals surface area contributed by atoms with Crippen LogP contribution in [0, 0.1) is 0 Å². The summed E-state index contributed by atoms with van der Waals surface area (Å²) in [6.07, 6.45) is 16.0. The van der Waals surface area contributed by atoms with Gasteiger partial charge in [-0.05, 0) is 117 Å². The lowest BCUT2D eigenvalue weighted by Crippen LogP contribution is -2.06. The molecule has 466 valence electrons. The summed E-state index contributed by atoms with van der Waals surface area (Å²) >= 11 is 0. The van der Waals surface area contributed by atoms with Crippen LogP contribution in [0.4, 0.5) is 17.5 Å². The zero-order valence-electron chi connectivity index (χ0n) is 51.8. The molecule has 15 aromatic rings. The lowest BCUT2D eigenvalue weighted by molar-refractivity contribution is 0.112. The maximum atomic E-state index is 11.2. The van der Waals surface area contributed by atoms with Crippen LogP contribution in [-0.4, -0.2) is 76.3 Å². The van der Waals surface area contributed by atoms with Crippen LogP contribution >= 0.6 is 0 Å². The Morgan fingerprint density at radius 1 is 0.323 bits per heavy atom. The van der Waals surface area contributed by atoms with Crippen LogP contribution in [0.5, 0.6) is 0 Å². The van der Waals surface area contributed by atoms with Gasteiger partial charge in [-0.2, -0.15) is 0 Å². The predicted molar refractivity (Wildman–Crippen MR) is 377 cm³/mol. The second kappa shape index (κ2) is 30.1. The third-order valence-corrected chi connectivity index (χ3v) is 15.5. The molecular weight excluding hydrogens is 1190 g/mol. The molecule has 15 rings (SSSR count). The monoisotopic (exact) mass is 1260 g/mol. The minimum absolute atomic E-state index is 0.0860. The van der Waals surface area contributed by atoms with Gasteiger partial charge in [-0.25, -0.2) is 29.9 Å². The summed E-state index contributed by atoms with van der Waals surface area (Å²) in [5.41, 5.74) is 15.7. The molecule has 0 saturated carbocycles. The Balaban J connectivity index is 0.000000130. The molecule has 0 unspecified atom stereocenters. The highest BCUT2D eigenvalue weighted by Crippen LogP contribution is 2.38. The largest absolute Gasteiger partial charge is 0.392 e. The molecular formula is C78H61N15O3. The fourth-order valence-electron chi connectivity index (χ4n) is 11.0. The van der Waals surface area contributed by atoms with Crippen molar-refractivity contribution in [1.29, 1.82) is 0 Å². The highest BCUT2D eigenvalue weighted by Gasteiger charge is 2.19. The summed E-state index contributed by atoms with van der Waals surface area (Å²) in [5, 5.41) is 32.2. The molecule has 0 saturated heterocycles. The SMILES string of the molecule is O=Cc1cncc(-c2nc(NCc3ccccn3)c3c(-c4ccccc4)cccc3n2)c1.OCc1cncc(-c2nc(NCc3ccccn3)c3c(-c4ccccc4)cccc3n2)c1.OCc1cncc(-c2nc(NCc3ccccn3)c3c(-c4ccccc4)cccc3n2)c1. The molecule has 0 aliphatic carbocycles. The van der Waals surface area contributed by atoms with E-state index in [1.165, 1.54) is 6.20 Å². The summed E-state index contributed by atoms with van der Waals surface area (Å²) in [6, 6.07) is 71.8. The quantitative estimate of drug-likeness (QED) is 0.0501. The molecule has 0 bridgehead atoms. The minimum Gasteiger partial charge on any atom is -0.392 e. The van der Waals surface area contributed by atoms with Gasteiger partial charge in [0.25, 0.3) is 0 Å². The Labute approximate surface area is 552 Å². The van der Waals surface area contributed by atoms with Gasteiger partial charge in [0.15, 0.2) is 23.8 Å². The molecule has 18 heteroatoms. The molecule has 0 radical (unpaired) electrons. The number of hydrogen-bond donors (Lipinski definition) is 5. The topological polar surface area (TPSA) is 248 Å². The number of nitrogens with one attached hydrogen (secondary N) is 3. The van der Waals surface area contributed by atoms with Crippen LogP contribution in [0.3, 0.4) is 0 Å². The lowest BCUT2D eigenvalue weighted by atomic mass is 10.0. The number of rotatable bonds is 18.